The zero-order valence-corrected chi connectivity index (χ0v) is 22.6. The van der Waals surface area contributed by atoms with Crippen molar-refractivity contribution in [1.82, 2.24) is 0 Å². The molecule has 4 heteroatoms. The molecule has 0 saturated carbocycles. The number of hydrogen-bond acceptors (Lipinski definition) is 1. The fraction of sp³-hybridized carbons (Fsp3) is 0.0526. The molecule has 0 aromatic heterocycles. The molecular weight excluding hydrogens is 529 g/mol. The molecule has 0 aliphatic rings. The highest BCUT2D eigenvalue weighted by molar-refractivity contribution is 6.29. The Morgan fingerprint density at radius 1 is 0.500 bits per heavy atom. The van der Waals surface area contributed by atoms with Gasteiger partial charge in [0, 0.05) is 0 Å². The van der Waals surface area contributed by atoms with Crippen LogP contribution in [0.25, 0.3) is 76.1 Å². The van der Waals surface area contributed by atoms with Crippen LogP contribution in [0.4, 0.5) is 13.2 Å². The van der Waals surface area contributed by atoms with Crippen LogP contribution in [-0.4, -0.2) is 7.11 Å². The van der Waals surface area contributed by atoms with Crippen molar-refractivity contribution in [2.45, 2.75) is 6.18 Å². The van der Waals surface area contributed by atoms with Crippen LogP contribution in [0.3, 0.4) is 0 Å². The predicted octanol–water partition coefficient (Wildman–Crippen LogP) is 11.3. The zero-order valence-electron chi connectivity index (χ0n) is 22.6. The van der Waals surface area contributed by atoms with E-state index < -0.39 is 11.7 Å². The summed E-state index contributed by atoms with van der Waals surface area (Å²) >= 11 is 0. The minimum Gasteiger partial charge on any atom is -0.497 e. The third-order valence-corrected chi connectivity index (χ3v) is 8.53. The Balaban J connectivity index is 1.51. The molecule has 0 aliphatic heterocycles. The van der Waals surface area contributed by atoms with E-state index >= 15 is 0 Å². The number of halogens is 3. The summed E-state index contributed by atoms with van der Waals surface area (Å²) in [5.41, 5.74) is 3.15. The van der Waals surface area contributed by atoms with Gasteiger partial charge < -0.3 is 4.74 Å². The van der Waals surface area contributed by atoms with Crippen molar-refractivity contribution in [3.8, 4) is 28.0 Å². The number of fused-ring (bicyclic) bond motifs is 2. The van der Waals surface area contributed by atoms with E-state index in [4.69, 9.17) is 4.74 Å². The first-order valence-electron chi connectivity index (χ1n) is 13.8. The van der Waals surface area contributed by atoms with Gasteiger partial charge >= 0.3 is 6.18 Å². The summed E-state index contributed by atoms with van der Waals surface area (Å²) in [6.07, 6.45) is -4.40. The summed E-state index contributed by atoms with van der Waals surface area (Å²) in [5, 5.41) is 11.2. The number of rotatable bonds is 3. The van der Waals surface area contributed by atoms with E-state index in [0.717, 1.165) is 55.9 Å². The van der Waals surface area contributed by atoms with Gasteiger partial charge in [-0.2, -0.15) is 13.2 Å². The molecule has 42 heavy (non-hydrogen) atoms. The second kappa shape index (κ2) is 8.95. The number of benzene rings is 8. The van der Waals surface area contributed by atoms with Gasteiger partial charge in [0.05, 0.1) is 12.7 Å². The second-order valence-electron chi connectivity index (χ2n) is 10.8. The summed E-state index contributed by atoms with van der Waals surface area (Å²) in [7, 11) is 1.63. The first-order valence-corrected chi connectivity index (χ1v) is 13.8. The van der Waals surface area contributed by atoms with Crippen LogP contribution in [0.5, 0.6) is 5.75 Å². The van der Waals surface area contributed by atoms with Crippen LogP contribution in [0.15, 0.2) is 121 Å². The van der Waals surface area contributed by atoms with Crippen molar-refractivity contribution in [1.29, 1.82) is 0 Å². The van der Waals surface area contributed by atoms with E-state index in [1.54, 1.807) is 19.2 Å². The Labute approximate surface area is 239 Å². The monoisotopic (exact) mass is 552 g/mol. The summed E-state index contributed by atoms with van der Waals surface area (Å²) < 4.78 is 45.9. The first kappa shape index (κ1) is 24.7. The second-order valence-corrected chi connectivity index (χ2v) is 10.8. The van der Waals surface area contributed by atoms with E-state index in [-0.39, 0.29) is 0 Å². The fourth-order valence-corrected chi connectivity index (χ4v) is 6.66. The highest BCUT2D eigenvalue weighted by Crippen LogP contribution is 2.48. The normalized spacial score (nSPS) is 12.3. The molecule has 0 unspecified atom stereocenters. The molecule has 8 aromatic rings. The molecule has 0 atom stereocenters. The summed E-state index contributed by atoms with van der Waals surface area (Å²) in [6.45, 7) is 0. The molecule has 0 saturated heterocycles. The Bertz CT molecular complexity index is 2300. The van der Waals surface area contributed by atoms with Crippen LogP contribution < -0.4 is 4.74 Å². The molecule has 0 spiro atoms. The van der Waals surface area contributed by atoms with Crippen LogP contribution in [-0.2, 0) is 6.18 Å². The number of methoxy groups -OCH3 is 1. The molecule has 0 heterocycles. The van der Waals surface area contributed by atoms with Crippen LogP contribution in [0.1, 0.15) is 5.56 Å². The maximum atomic E-state index is 13.4. The maximum Gasteiger partial charge on any atom is 0.416 e. The van der Waals surface area contributed by atoms with Crippen molar-refractivity contribution >= 4 is 53.9 Å². The predicted molar refractivity (Wildman–Crippen MR) is 168 cm³/mol. The minimum absolute atomic E-state index is 0.664. The minimum atomic E-state index is -4.40. The quantitative estimate of drug-likeness (QED) is 0.156. The molecular formula is C38H23F3O. The fourth-order valence-electron chi connectivity index (χ4n) is 6.66. The molecule has 202 valence electrons. The van der Waals surface area contributed by atoms with E-state index in [0.29, 0.717) is 5.75 Å². The topological polar surface area (TPSA) is 9.23 Å². The van der Waals surface area contributed by atoms with Gasteiger partial charge in [0.15, 0.2) is 0 Å². The van der Waals surface area contributed by atoms with Gasteiger partial charge in [-0.15, -0.1) is 0 Å². The van der Waals surface area contributed by atoms with Crippen molar-refractivity contribution < 1.29 is 17.9 Å². The van der Waals surface area contributed by atoms with E-state index in [1.165, 1.54) is 32.3 Å². The molecule has 8 aromatic carbocycles. The molecule has 0 N–H and O–H groups in total. The van der Waals surface area contributed by atoms with Gasteiger partial charge in [-0.05, 0) is 100 Å². The van der Waals surface area contributed by atoms with Gasteiger partial charge in [0.2, 0.25) is 0 Å². The smallest absolute Gasteiger partial charge is 0.416 e. The molecule has 1 nitrogen and oxygen atoms in total. The maximum absolute atomic E-state index is 13.4. The first-order chi connectivity index (χ1) is 20.4. The summed E-state index contributed by atoms with van der Waals surface area (Å²) in [5.74, 6) is 0.687. The standard InChI is InChI=1S/C38H23F3O/c1-42-27-17-20-32-33(21-27)35(24-11-15-26(16-12-24)38(39,40)41)28-7-2-3-8-29(28)37(32)31-19-14-25-10-9-22-5-4-6-23-13-18-30(31)36(25)34(22)23/h2-21H,1H3. The van der Waals surface area contributed by atoms with Gasteiger partial charge in [-0.3, -0.25) is 0 Å². The lowest BCUT2D eigenvalue weighted by Gasteiger charge is -2.20. The Morgan fingerprint density at radius 2 is 1.10 bits per heavy atom. The van der Waals surface area contributed by atoms with Crippen LogP contribution in [0, 0.1) is 0 Å². The van der Waals surface area contributed by atoms with Gasteiger partial charge in [0.25, 0.3) is 0 Å². The van der Waals surface area contributed by atoms with Gasteiger partial charge in [0.1, 0.15) is 5.75 Å². The van der Waals surface area contributed by atoms with Crippen molar-refractivity contribution in [2.24, 2.45) is 0 Å². The van der Waals surface area contributed by atoms with Crippen molar-refractivity contribution in [2.75, 3.05) is 7.11 Å². The van der Waals surface area contributed by atoms with Crippen LogP contribution in [0.2, 0.25) is 0 Å². The van der Waals surface area contributed by atoms with E-state index in [2.05, 4.69) is 72.8 Å². The molecule has 0 amide bonds. The third-order valence-electron chi connectivity index (χ3n) is 8.53. The zero-order chi connectivity index (χ0) is 28.6. The van der Waals surface area contributed by atoms with E-state index in [1.807, 2.05) is 24.3 Å². The average Bonchev–Trinajstić information content (AvgIpc) is 3.02. The molecule has 0 radical (unpaired) electrons. The molecule has 0 aliphatic carbocycles. The van der Waals surface area contributed by atoms with Gasteiger partial charge in [-0.1, -0.05) is 97.1 Å². The van der Waals surface area contributed by atoms with E-state index in [9.17, 15) is 13.2 Å². The number of alkyl halides is 3. The summed E-state index contributed by atoms with van der Waals surface area (Å²) in [6, 6.07) is 39.2. The Morgan fingerprint density at radius 3 is 1.79 bits per heavy atom. The Hall–Kier alpha value is -5.09. The molecule has 8 rings (SSSR count). The average molecular weight is 553 g/mol. The van der Waals surface area contributed by atoms with Crippen molar-refractivity contribution in [3.05, 3.63) is 127 Å². The Kier molecular flexibility index (Phi) is 5.26. The SMILES string of the molecule is COc1ccc2c(-c3ccc4ccc5cccc6ccc3c4c56)c3ccccc3c(-c3ccc(C(F)(F)F)cc3)c2c1. The number of ether oxygens (including phenoxy) is 1. The highest BCUT2D eigenvalue weighted by Gasteiger charge is 2.30. The van der Waals surface area contributed by atoms with Crippen LogP contribution >= 0.6 is 0 Å². The largest absolute Gasteiger partial charge is 0.497 e. The third kappa shape index (κ3) is 3.58. The summed E-state index contributed by atoms with van der Waals surface area (Å²) in [4.78, 5) is 0. The van der Waals surface area contributed by atoms with Gasteiger partial charge in [-0.25, -0.2) is 0 Å². The highest BCUT2D eigenvalue weighted by atomic mass is 19.4. The van der Waals surface area contributed by atoms with Crippen molar-refractivity contribution in [3.63, 3.8) is 0 Å². The number of hydrogen-bond donors (Lipinski definition) is 0. The lowest BCUT2D eigenvalue weighted by Crippen LogP contribution is -2.04. The lowest BCUT2D eigenvalue weighted by atomic mass is 9.83. The lowest BCUT2D eigenvalue weighted by molar-refractivity contribution is -0.137. The molecule has 0 fully saturated rings. The molecule has 0 bridgehead atoms.